The van der Waals surface area contributed by atoms with Gasteiger partial charge in [0, 0.05) is 32.2 Å². The second-order valence-corrected chi connectivity index (χ2v) is 6.11. The number of ether oxygens (including phenoxy) is 1. The van der Waals surface area contributed by atoms with E-state index in [1.165, 1.54) is 0 Å². The quantitative estimate of drug-likeness (QED) is 0.895. The fraction of sp³-hybridized carbons (Fsp3) is 0.688. The van der Waals surface area contributed by atoms with Gasteiger partial charge >= 0.3 is 0 Å². The highest BCUT2D eigenvalue weighted by Gasteiger charge is 2.22. The Morgan fingerprint density at radius 1 is 1.25 bits per heavy atom. The van der Waals surface area contributed by atoms with Crippen LogP contribution < -0.4 is 5.32 Å². The molecule has 1 N–H and O–H groups in total. The summed E-state index contributed by atoms with van der Waals surface area (Å²) < 4.78 is 5.77. The van der Waals surface area contributed by atoms with Crippen molar-refractivity contribution in [3.8, 4) is 0 Å². The van der Waals surface area contributed by atoms with Crippen LogP contribution >= 0.6 is 0 Å². The van der Waals surface area contributed by atoms with Gasteiger partial charge in [-0.25, -0.2) is 0 Å². The maximum Gasteiger partial charge on any atom is 0.0678 e. The van der Waals surface area contributed by atoms with Gasteiger partial charge in [0.25, 0.3) is 0 Å². The highest BCUT2D eigenvalue weighted by Crippen LogP contribution is 2.13. The number of pyridine rings is 1. The molecule has 1 aliphatic rings. The highest BCUT2D eigenvalue weighted by atomic mass is 16.5. The molecule has 0 aliphatic carbocycles. The van der Waals surface area contributed by atoms with Crippen molar-refractivity contribution in [3.63, 3.8) is 0 Å². The van der Waals surface area contributed by atoms with Crippen LogP contribution in [0, 0.1) is 0 Å². The van der Waals surface area contributed by atoms with Crippen molar-refractivity contribution >= 4 is 0 Å². The molecule has 2 unspecified atom stereocenters. The summed E-state index contributed by atoms with van der Waals surface area (Å²) in [4.78, 5) is 7.18. The molecular weight excluding hydrogens is 250 g/mol. The lowest BCUT2D eigenvalue weighted by molar-refractivity contribution is -0.0707. The first kappa shape index (κ1) is 15.4. The van der Waals surface area contributed by atoms with E-state index < -0.39 is 0 Å². The van der Waals surface area contributed by atoms with E-state index in [2.05, 4.69) is 56.1 Å². The van der Waals surface area contributed by atoms with Gasteiger partial charge in [0.2, 0.25) is 0 Å². The number of hydrogen-bond acceptors (Lipinski definition) is 4. The summed E-state index contributed by atoms with van der Waals surface area (Å²) in [6.45, 7) is 12.3. The summed E-state index contributed by atoms with van der Waals surface area (Å²) in [5.41, 5.74) is 2.26. The van der Waals surface area contributed by atoms with Gasteiger partial charge in [-0.2, -0.15) is 0 Å². The van der Waals surface area contributed by atoms with Crippen LogP contribution in [0.1, 0.15) is 39.1 Å². The van der Waals surface area contributed by atoms with Gasteiger partial charge in [-0.1, -0.05) is 19.9 Å². The van der Waals surface area contributed by atoms with Crippen molar-refractivity contribution in [2.24, 2.45) is 0 Å². The Labute approximate surface area is 122 Å². The SMILES string of the molecule is CC(C)NCc1cccc(CN2CC(C)OC(C)C2)n1. The van der Waals surface area contributed by atoms with E-state index in [-0.39, 0.29) is 0 Å². The van der Waals surface area contributed by atoms with Crippen LogP contribution in [0.5, 0.6) is 0 Å². The van der Waals surface area contributed by atoms with Gasteiger partial charge < -0.3 is 10.1 Å². The van der Waals surface area contributed by atoms with Crippen LogP contribution in [0.4, 0.5) is 0 Å². The van der Waals surface area contributed by atoms with Crippen LogP contribution in [0.15, 0.2) is 18.2 Å². The van der Waals surface area contributed by atoms with Crippen LogP contribution in [0.2, 0.25) is 0 Å². The molecule has 1 aromatic rings. The molecule has 0 saturated carbocycles. The van der Waals surface area contributed by atoms with Crippen molar-refractivity contribution in [1.29, 1.82) is 0 Å². The molecule has 2 heterocycles. The standard InChI is InChI=1S/C16H27N3O/c1-12(2)17-8-15-6-5-7-16(18-15)11-19-9-13(3)20-14(4)10-19/h5-7,12-14,17H,8-11H2,1-4H3. The topological polar surface area (TPSA) is 37.4 Å². The number of hydrogen-bond donors (Lipinski definition) is 1. The zero-order valence-corrected chi connectivity index (χ0v) is 13.1. The van der Waals surface area contributed by atoms with Crippen molar-refractivity contribution in [2.75, 3.05) is 13.1 Å². The van der Waals surface area contributed by atoms with E-state index in [4.69, 9.17) is 9.72 Å². The lowest BCUT2D eigenvalue weighted by atomic mass is 10.2. The fourth-order valence-corrected chi connectivity index (χ4v) is 2.67. The van der Waals surface area contributed by atoms with Crippen molar-refractivity contribution in [2.45, 2.75) is 59.0 Å². The molecule has 112 valence electrons. The van der Waals surface area contributed by atoms with E-state index in [1.807, 2.05) is 0 Å². The van der Waals surface area contributed by atoms with Crippen molar-refractivity contribution in [3.05, 3.63) is 29.6 Å². The number of aromatic nitrogens is 1. The van der Waals surface area contributed by atoms with E-state index in [1.54, 1.807) is 0 Å². The van der Waals surface area contributed by atoms with E-state index in [0.717, 1.165) is 37.6 Å². The highest BCUT2D eigenvalue weighted by molar-refractivity contribution is 5.11. The molecule has 2 atom stereocenters. The molecule has 4 nitrogen and oxygen atoms in total. The predicted octanol–water partition coefficient (Wildman–Crippen LogP) is 2.19. The molecule has 0 aromatic carbocycles. The Kier molecular flexibility index (Phi) is 5.52. The van der Waals surface area contributed by atoms with E-state index in [9.17, 15) is 0 Å². The summed E-state index contributed by atoms with van der Waals surface area (Å²) in [5, 5.41) is 3.41. The van der Waals surface area contributed by atoms with Gasteiger partial charge in [-0.05, 0) is 26.0 Å². The van der Waals surface area contributed by atoms with Crippen molar-refractivity contribution < 1.29 is 4.74 Å². The number of rotatable bonds is 5. The molecule has 0 radical (unpaired) electrons. The molecule has 1 fully saturated rings. The minimum Gasteiger partial charge on any atom is -0.373 e. The van der Waals surface area contributed by atoms with E-state index in [0.29, 0.717) is 18.2 Å². The Balaban J connectivity index is 1.93. The number of nitrogens with zero attached hydrogens (tertiary/aromatic N) is 2. The molecular formula is C16H27N3O. The number of nitrogens with one attached hydrogen (secondary N) is 1. The largest absolute Gasteiger partial charge is 0.373 e. The molecule has 0 bridgehead atoms. The molecule has 1 saturated heterocycles. The van der Waals surface area contributed by atoms with Gasteiger partial charge in [-0.3, -0.25) is 9.88 Å². The Morgan fingerprint density at radius 3 is 2.55 bits per heavy atom. The third-order valence-corrected chi connectivity index (χ3v) is 3.44. The maximum absolute atomic E-state index is 5.77. The average molecular weight is 277 g/mol. The fourth-order valence-electron chi connectivity index (χ4n) is 2.67. The van der Waals surface area contributed by atoms with Crippen LogP contribution in [-0.4, -0.2) is 41.2 Å². The second-order valence-electron chi connectivity index (χ2n) is 6.11. The number of morpholine rings is 1. The van der Waals surface area contributed by atoms with Gasteiger partial charge in [0.05, 0.1) is 23.6 Å². The minimum absolute atomic E-state index is 0.310. The maximum atomic E-state index is 5.77. The Morgan fingerprint density at radius 2 is 1.90 bits per heavy atom. The molecule has 20 heavy (non-hydrogen) atoms. The lowest BCUT2D eigenvalue weighted by Gasteiger charge is -2.35. The summed E-state index contributed by atoms with van der Waals surface area (Å²) in [6.07, 6.45) is 0.620. The van der Waals surface area contributed by atoms with E-state index >= 15 is 0 Å². The molecule has 0 amide bonds. The third kappa shape index (κ3) is 4.85. The zero-order chi connectivity index (χ0) is 14.5. The van der Waals surface area contributed by atoms with Gasteiger partial charge in [0.1, 0.15) is 0 Å². The van der Waals surface area contributed by atoms with Crippen molar-refractivity contribution in [1.82, 2.24) is 15.2 Å². The van der Waals surface area contributed by atoms with Crippen LogP contribution in [0.25, 0.3) is 0 Å². The summed E-state index contributed by atoms with van der Waals surface area (Å²) in [5.74, 6) is 0. The molecule has 2 rings (SSSR count). The predicted molar refractivity (Wildman–Crippen MR) is 81.5 cm³/mol. The first-order valence-electron chi connectivity index (χ1n) is 7.59. The van der Waals surface area contributed by atoms with Gasteiger partial charge in [0.15, 0.2) is 0 Å². The minimum atomic E-state index is 0.310. The summed E-state index contributed by atoms with van der Waals surface area (Å²) >= 11 is 0. The van der Waals surface area contributed by atoms with Crippen LogP contribution in [0.3, 0.4) is 0 Å². The third-order valence-electron chi connectivity index (χ3n) is 3.44. The Hall–Kier alpha value is -0.970. The Bertz CT molecular complexity index is 412. The normalized spacial score (nSPS) is 24.2. The summed E-state index contributed by atoms with van der Waals surface area (Å²) in [7, 11) is 0. The first-order chi connectivity index (χ1) is 9.52. The lowest BCUT2D eigenvalue weighted by Crippen LogP contribution is -2.44. The zero-order valence-electron chi connectivity index (χ0n) is 13.1. The molecule has 1 aromatic heterocycles. The first-order valence-corrected chi connectivity index (χ1v) is 7.59. The molecule has 4 heteroatoms. The second kappa shape index (κ2) is 7.16. The van der Waals surface area contributed by atoms with Crippen LogP contribution in [-0.2, 0) is 17.8 Å². The average Bonchev–Trinajstić information content (AvgIpc) is 2.35. The summed E-state index contributed by atoms with van der Waals surface area (Å²) in [6, 6.07) is 6.79. The molecule has 1 aliphatic heterocycles. The monoisotopic (exact) mass is 277 g/mol. The smallest absolute Gasteiger partial charge is 0.0678 e. The van der Waals surface area contributed by atoms with Gasteiger partial charge in [-0.15, -0.1) is 0 Å². The molecule has 0 spiro atoms.